The number of benzene rings is 1. The third-order valence-corrected chi connectivity index (χ3v) is 3.31. The fourth-order valence-electron chi connectivity index (χ4n) is 2.14. The summed E-state index contributed by atoms with van der Waals surface area (Å²) >= 11 is 0. The Labute approximate surface area is 128 Å². The molecule has 5 nitrogen and oxygen atoms in total. The summed E-state index contributed by atoms with van der Waals surface area (Å²) in [4.78, 5) is 27.3. The Morgan fingerprint density at radius 1 is 1.23 bits per heavy atom. The summed E-state index contributed by atoms with van der Waals surface area (Å²) in [5, 5.41) is 12.5. The number of pyridine rings is 1. The van der Waals surface area contributed by atoms with E-state index < -0.39 is 17.9 Å². The van der Waals surface area contributed by atoms with E-state index >= 15 is 0 Å². The number of hydrogen-bond acceptors (Lipinski definition) is 3. The quantitative estimate of drug-likeness (QED) is 0.831. The Morgan fingerprint density at radius 3 is 2.64 bits per heavy atom. The van der Waals surface area contributed by atoms with E-state index in [9.17, 15) is 9.59 Å². The lowest BCUT2D eigenvalue weighted by atomic mass is 10.0. The average Bonchev–Trinajstić information content (AvgIpc) is 2.49. The molecule has 114 valence electrons. The summed E-state index contributed by atoms with van der Waals surface area (Å²) < 4.78 is 0. The molecule has 2 N–H and O–H groups in total. The van der Waals surface area contributed by atoms with Gasteiger partial charge >= 0.3 is 5.97 Å². The van der Waals surface area contributed by atoms with E-state index in [0.29, 0.717) is 0 Å². The molecular weight excluding hydrogens is 280 g/mol. The first-order chi connectivity index (χ1) is 10.5. The van der Waals surface area contributed by atoms with Crippen LogP contribution in [0.4, 0.5) is 0 Å². The number of nitrogens with one attached hydrogen (secondary N) is 1. The van der Waals surface area contributed by atoms with Crippen molar-refractivity contribution in [3.63, 3.8) is 0 Å². The van der Waals surface area contributed by atoms with E-state index in [4.69, 9.17) is 5.11 Å². The number of rotatable bonds is 5. The maximum atomic E-state index is 11.9. The first-order valence-corrected chi connectivity index (χ1v) is 7.04. The van der Waals surface area contributed by atoms with E-state index in [1.807, 2.05) is 30.3 Å². The van der Waals surface area contributed by atoms with Crippen molar-refractivity contribution in [1.29, 1.82) is 0 Å². The van der Waals surface area contributed by atoms with E-state index in [-0.39, 0.29) is 5.92 Å². The van der Waals surface area contributed by atoms with Gasteiger partial charge in [0.15, 0.2) is 0 Å². The molecule has 5 heteroatoms. The molecule has 0 aliphatic rings. The van der Waals surface area contributed by atoms with Gasteiger partial charge in [0.1, 0.15) is 6.04 Å². The van der Waals surface area contributed by atoms with Crippen molar-refractivity contribution < 1.29 is 14.7 Å². The summed E-state index contributed by atoms with van der Waals surface area (Å²) in [5.41, 5.74) is 1.61. The van der Waals surface area contributed by atoms with Crippen LogP contribution in [0.1, 0.15) is 19.4 Å². The van der Waals surface area contributed by atoms with Crippen molar-refractivity contribution in [2.45, 2.75) is 19.9 Å². The Balaban J connectivity index is 2.17. The normalized spacial score (nSPS) is 12.7. The molecule has 1 amide bonds. The van der Waals surface area contributed by atoms with Gasteiger partial charge in [0.25, 0.3) is 0 Å². The number of carbonyl (C=O) groups is 2. The molecule has 0 aliphatic heterocycles. The van der Waals surface area contributed by atoms with Gasteiger partial charge in [-0.2, -0.15) is 0 Å². The van der Waals surface area contributed by atoms with Crippen LogP contribution < -0.4 is 5.32 Å². The van der Waals surface area contributed by atoms with Gasteiger partial charge in [0.05, 0.1) is 5.52 Å². The zero-order valence-electron chi connectivity index (χ0n) is 12.5. The summed E-state index contributed by atoms with van der Waals surface area (Å²) in [6, 6.07) is 8.58. The summed E-state index contributed by atoms with van der Waals surface area (Å²) in [6.45, 7) is 3.49. The molecule has 1 unspecified atom stereocenters. The predicted octanol–water partition coefficient (Wildman–Crippen LogP) is 2.47. The van der Waals surface area contributed by atoms with Crippen molar-refractivity contribution >= 4 is 28.9 Å². The van der Waals surface area contributed by atoms with Crippen molar-refractivity contribution in [1.82, 2.24) is 10.3 Å². The third kappa shape index (κ3) is 3.69. The highest BCUT2D eigenvalue weighted by Gasteiger charge is 2.22. The highest BCUT2D eigenvalue weighted by atomic mass is 16.4. The number of aromatic nitrogens is 1. The van der Waals surface area contributed by atoms with Gasteiger partial charge < -0.3 is 10.4 Å². The van der Waals surface area contributed by atoms with Gasteiger partial charge in [-0.1, -0.05) is 38.1 Å². The molecule has 0 fully saturated rings. The summed E-state index contributed by atoms with van der Waals surface area (Å²) in [6.07, 6.45) is 4.67. The van der Waals surface area contributed by atoms with Crippen LogP contribution in [0, 0.1) is 5.92 Å². The second-order valence-corrected chi connectivity index (χ2v) is 5.32. The standard InChI is InChI=1S/C17H18N2O3/c1-11(2)15(17(21)22)19-14(20)9-8-13-6-3-5-12-7-4-10-18-16(12)13/h3-11,15H,1-2H3,(H,19,20)(H,21,22)/b9-8+. The van der Waals surface area contributed by atoms with Gasteiger partial charge in [0.2, 0.25) is 5.91 Å². The van der Waals surface area contributed by atoms with Crippen LogP contribution in [0.25, 0.3) is 17.0 Å². The lowest BCUT2D eigenvalue weighted by Crippen LogP contribution is -2.43. The molecule has 22 heavy (non-hydrogen) atoms. The van der Waals surface area contributed by atoms with Crippen LogP contribution in [-0.4, -0.2) is 28.0 Å². The lowest BCUT2D eigenvalue weighted by Gasteiger charge is -2.16. The van der Waals surface area contributed by atoms with Crippen LogP contribution in [0.3, 0.4) is 0 Å². The minimum atomic E-state index is -1.04. The third-order valence-electron chi connectivity index (χ3n) is 3.31. The molecule has 0 spiro atoms. The number of fused-ring (bicyclic) bond motifs is 1. The van der Waals surface area contributed by atoms with Crippen molar-refractivity contribution in [3.8, 4) is 0 Å². The number of aliphatic carboxylic acids is 1. The Morgan fingerprint density at radius 2 is 1.95 bits per heavy atom. The van der Waals surface area contributed by atoms with Crippen molar-refractivity contribution in [2.75, 3.05) is 0 Å². The monoisotopic (exact) mass is 298 g/mol. The van der Waals surface area contributed by atoms with E-state index in [1.165, 1.54) is 6.08 Å². The number of carboxylic acid groups (broad SMARTS) is 1. The van der Waals surface area contributed by atoms with Gasteiger partial charge in [-0.25, -0.2) is 4.79 Å². The van der Waals surface area contributed by atoms with Crippen LogP contribution >= 0.6 is 0 Å². The van der Waals surface area contributed by atoms with Gasteiger partial charge in [-0.3, -0.25) is 9.78 Å². The minimum absolute atomic E-state index is 0.186. The number of hydrogen-bond donors (Lipinski definition) is 2. The van der Waals surface area contributed by atoms with Crippen LogP contribution in [0.15, 0.2) is 42.6 Å². The fraction of sp³-hybridized carbons (Fsp3) is 0.235. The molecule has 0 saturated heterocycles. The Kier molecular flexibility index (Phi) is 4.88. The van der Waals surface area contributed by atoms with Crippen molar-refractivity contribution in [2.24, 2.45) is 5.92 Å². The van der Waals surface area contributed by atoms with Crippen LogP contribution in [0.5, 0.6) is 0 Å². The second-order valence-electron chi connectivity index (χ2n) is 5.32. The van der Waals surface area contributed by atoms with E-state index in [2.05, 4.69) is 10.3 Å². The molecule has 2 aromatic rings. The smallest absolute Gasteiger partial charge is 0.326 e. The first-order valence-electron chi connectivity index (χ1n) is 7.04. The maximum Gasteiger partial charge on any atom is 0.326 e. The largest absolute Gasteiger partial charge is 0.480 e. The van der Waals surface area contributed by atoms with Crippen LogP contribution in [0.2, 0.25) is 0 Å². The van der Waals surface area contributed by atoms with E-state index in [0.717, 1.165) is 16.5 Å². The highest BCUT2D eigenvalue weighted by molar-refractivity contribution is 5.97. The Bertz CT molecular complexity index is 717. The summed E-state index contributed by atoms with van der Waals surface area (Å²) in [7, 11) is 0. The molecule has 0 radical (unpaired) electrons. The van der Waals surface area contributed by atoms with Gasteiger partial charge in [-0.05, 0) is 18.1 Å². The van der Waals surface area contributed by atoms with Crippen LogP contribution in [-0.2, 0) is 9.59 Å². The number of carbonyl (C=O) groups excluding carboxylic acids is 1. The van der Waals surface area contributed by atoms with E-state index in [1.54, 1.807) is 26.1 Å². The lowest BCUT2D eigenvalue weighted by molar-refractivity contribution is -0.142. The molecule has 0 saturated carbocycles. The molecule has 1 atom stereocenters. The zero-order valence-corrected chi connectivity index (χ0v) is 12.5. The topological polar surface area (TPSA) is 79.3 Å². The molecule has 0 aliphatic carbocycles. The molecule has 2 rings (SSSR count). The molecule has 1 heterocycles. The Hall–Kier alpha value is -2.69. The number of nitrogens with zero attached hydrogens (tertiary/aromatic N) is 1. The second kappa shape index (κ2) is 6.85. The molecule has 1 aromatic carbocycles. The fourth-order valence-corrected chi connectivity index (χ4v) is 2.14. The van der Waals surface area contributed by atoms with Gasteiger partial charge in [0, 0.05) is 23.2 Å². The van der Waals surface area contributed by atoms with Gasteiger partial charge in [-0.15, -0.1) is 0 Å². The SMILES string of the molecule is CC(C)C(NC(=O)/C=C/c1cccc2cccnc12)C(=O)O. The molecule has 1 aromatic heterocycles. The zero-order chi connectivity index (χ0) is 16.1. The number of carboxylic acids is 1. The maximum absolute atomic E-state index is 11.9. The highest BCUT2D eigenvalue weighted by Crippen LogP contribution is 2.17. The molecular formula is C17H18N2O3. The number of para-hydroxylation sites is 1. The van der Waals surface area contributed by atoms with Crippen molar-refractivity contribution in [3.05, 3.63) is 48.2 Å². The summed E-state index contributed by atoms with van der Waals surface area (Å²) in [5.74, 6) is -1.66. The first kappa shape index (κ1) is 15.7. The average molecular weight is 298 g/mol. The minimum Gasteiger partial charge on any atom is -0.480 e. The predicted molar refractivity (Wildman–Crippen MR) is 85.2 cm³/mol. The molecule has 0 bridgehead atoms. The number of amides is 1.